The number of nitriles is 1. The number of nitrogens with zero attached hydrogens (tertiary/aromatic N) is 3. The maximum atomic E-state index is 12.2. The van der Waals surface area contributed by atoms with Gasteiger partial charge in [0.1, 0.15) is 6.07 Å². The number of para-hydroxylation sites is 1. The summed E-state index contributed by atoms with van der Waals surface area (Å²) in [4.78, 5) is 31.4. The van der Waals surface area contributed by atoms with Crippen LogP contribution in [0.2, 0.25) is 5.02 Å². The van der Waals surface area contributed by atoms with Gasteiger partial charge in [-0.05, 0) is 49.1 Å². The van der Waals surface area contributed by atoms with Crippen LogP contribution < -0.4 is 15.5 Å². The zero-order valence-electron chi connectivity index (χ0n) is 16.6. The minimum Gasteiger partial charge on any atom is -0.348 e. The van der Waals surface area contributed by atoms with Crippen molar-refractivity contribution in [1.29, 1.82) is 5.26 Å². The van der Waals surface area contributed by atoms with E-state index in [1.807, 2.05) is 24.3 Å². The first-order chi connectivity index (χ1) is 15.0. The van der Waals surface area contributed by atoms with Gasteiger partial charge in [-0.3, -0.25) is 9.59 Å². The second-order valence-corrected chi connectivity index (χ2v) is 8.81. The Bertz CT molecular complexity index is 1130. The van der Waals surface area contributed by atoms with Crippen molar-refractivity contribution >= 4 is 55.8 Å². The Labute approximate surface area is 188 Å². The van der Waals surface area contributed by atoms with Gasteiger partial charge in [0.15, 0.2) is 5.13 Å². The van der Waals surface area contributed by atoms with E-state index in [1.165, 1.54) is 16.8 Å². The molecule has 1 fully saturated rings. The van der Waals surface area contributed by atoms with Gasteiger partial charge in [-0.1, -0.05) is 35.1 Å². The number of hydrogen-bond donors (Lipinski definition) is 2. The molecule has 0 saturated carbocycles. The minimum atomic E-state index is -0.814. The Morgan fingerprint density at radius 3 is 2.71 bits per heavy atom. The van der Waals surface area contributed by atoms with E-state index < -0.39 is 11.8 Å². The molecule has 3 aromatic rings. The lowest BCUT2D eigenvalue weighted by Gasteiger charge is -2.31. The number of aromatic nitrogens is 1. The van der Waals surface area contributed by atoms with Crippen LogP contribution in [0.5, 0.6) is 0 Å². The van der Waals surface area contributed by atoms with Gasteiger partial charge in [-0.25, -0.2) is 4.98 Å². The number of hydrogen-bond acceptors (Lipinski definition) is 6. The first kappa shape index (κ1) is 21.1. The summed E-state index contributed by atoms with van der Waals surface area (Å²) in [6.07, 6.45) is 1.81. The number of benzene rings is 2. The molecular weight excluding hydrogens is 434 g/mol. The van der Waals surface area contributed by atoms with Crippen LogP contribution in [0.3, 0.4) is 0 Å². The number of rotatable bonds is 4. The van der Waals surface area contributed by atoms with Crippen molar-refractivity contribution in [2.75, 3.05) is 29.9 Å². The van der Waals surface area contributed by atoms with Crippen LogP contribution in [0.4, 0.5) is 10.8 Å². The zero-order valence-corrected chi connectivity index (χ0v) is 18.2. The molecule has 2 aromatic carbocycles. The standard InChI is InChI=1S/C22H20ClN5O2S/c23-16-6-5-15(12-24)18(11-16)26-21(30)20(29)25-13-14-7-9-28(10-8-14)22-27-17-3-1-2-4-19(17)31-22/h1-6,11,14H,7-10,13H2,(H,25,29)(H,26,30). The molecule has 158 valence electrons. The molecule has 1 aliphatic rings. The molecule has 2 heterocycles. The molecule has 1 aliphatic heterocycles. The molecule has 0 unspecified atom stereocenters. The van der Waals surface area contributed by atoms with Crippen LogP contribution in [-0.2, 0) is 9.59 Å². The normalized spacial score (nSPS) is 14.3. The first-order valence-electron chi connectivity index (χ1n) is 9.93. The van der Waals surface area contributed by atoms with Crippen LogP contribution >= 0.6 is 22.9 Å². The molecule has 1 aromatic heterocycles. The van der Waals surface area contributed by atoms with Crippen molar-refractivity contribution in [3.8, 4) is 6.07 Å². The lowest BCUT2D eigenvalue weighted by molar-refractivity contribution is -0.136. The summed E-state index contributed by atoms with van der Waals surface area (Å²) >= 11 is 7.60. The van der Waals surface area contributed by atoms with Crippen molar-refractivity contribution < 1.29 is 9.59 Å². The fourth-order valence-corrected chi connectivity index (χ4v) is 4.73. The lowest BCUT2D eigenvalue weighted by Crippen LogP contribution is -2.41. The Balaban J connectivity index is 1.26. The molecule has 0 atom stereocenters. The van der Waals surface area contributed by atoms with Gasteiger partial charge in [0.25, 0.3) is 0 Å². The maximum absolute atomic E-state index is 12.2. The second kappa shape index (κ2) is 9.33. The molecule has 0 radical (unpaired) electrons. The molecule has 0 bridgehead atoms. The van der Waals surface area contributed by atoms with Crippen molar-refractivity contribution in [2.24, 2.45) is 5.92 Å². The van der Waals surface area contributed by atoms with E-state index in [4.69, 9.17) is 21.8 Å². The van der Waals surface area contributed by atoms with Gasteiger partial charge in [0.2, 0.25) is 0 Å². The number of nitrogens with one attached hydrogen (secondary N) is 2. The molecule has 31 heavy (non-hydrogen) atoms. The number of halogens is 1. The minimum absolute atomic E-state index is 0.222. The van der Waals surface area contributed by atoms with Crippen LogP contribution in [0.25, 0.3) is 10.2 Å². The number of carbonyl (C=O) groups is 2. The molecule has 9 heteroatoms. The number of piperidine rings is 1. The SMILES string of the molecule is N#Cc1ccc(Cl)cc1NC(=O)C(=O)NCC1CCN(c2nc3ccccc3s2)CC1. The molecule has 7 nitrogen and oxygen atoms in total. The lowest BCUT2D eigenvalue weighted by atomic mass is 9.97. The van der Waals surface area contributed by atoms with Gasteiger partial charge in [-0.15, -0.1) is 0 Å². The fourth-order valence-electron chi connectivity index (χ4n) is 3.54. The highest BCUT2D eigenvalue weighted by atomic mass is 35.5. The molecular formula is C22H20ClN5O2S. The van der Waals surface area contributed by atoms with Crippen LogP contribution in [0.15, 0.2) is 42.5 Å². The van der Waals surface area contributed by atoms with Gasteiger partial charge in [-0.2, -0.15) is 5.26 Å². The Morgan fingerprint density at radius 2 is 1.97 bits per heavy atom. The first-order valence-corrected chi connectivity index (χ1v) is 11.1. The van der Waals surface area contributed by atoms with Crippen molar-refractivity contribution in [1.82, 2.24) is 10.3 Å². The highest BCUT2D eigenvalue weighted by Crippen LogP contribution is 2.31. The number of fused-ring (bicyclic) bond motifs is 1. The maximum Gasteiger partial charge on any atom is 0.313 e. The summed E-state index contributed by atoms with van der Waals surface area (Å²) in [6.45, 7) is 2.15. The quantitative estimate of drug-likeness (QED) is 0.585. The van der Waals surface area contributed by atoms with Crippen molar-refractivity contribution in [3.05, 3.63) is 53.1 Å². The summed E-state index contributed by atoms with van der Waals surface area (Å²) in [7, 11) is 0. The largest absolute Gasteiger partial charge is 0.348 e. The van der Waals surface area contributed by atoms with E-state index in [0.717, 1.165) is 36.6 Å². The molecule has 0 aliphatic carbocycles. The molecule has 1 saturated heterocycles. The summed E-state index contributed by atoms with van der Waals surface area (Å²) < 4.78 is 1.18. The summed E-state index contributed by atoms with van der Waals surface area (Å²) in [6, 6.07) is 14.6. The Kier molecular flexibility index (Phi) is 6.35. The third kappa shape index (κ3) is 4.95. The highest BCUT2D eigenvalue weighted by Gasteiger charge is 2.23. The summed E-state index contributed by atoms with van der Waals surface area (Å²) in [5.74, 6) is -1.24. The van der Waals surface area contributed by atoms with Crippen molar-refractivity contribution in [3.63, 3.8) is 0 Å². The third-order valence-electron chi connectivity index (χ3n) is 5.28. The molecule has 4 rings (SSSR count). The number of anilines is 2. The van der Waals surface area contributed by atoms with Crippen molar-refractivity contribution in [2.45, 2.75) is 12.8 Å². The number of thiazole rings is 1. The highest BCUT2D eigenvalue weighted by molar-refractivity contribution is 7.22. The van der Waals surface area contributed by atoms with E-state index >= 15 is 0 Å². The Hall–Kier alpha value is -3.15. The van der Waals surface area contributed by atoms with E-state index in [-0.39, 0.29) is 11.3 Å². The number of amides is 2. The third-order valence-corrected chi connectivity index (χ3v) is 6.61. The second-order valence-electron chi connectivity index (χ2n) is 7.36. The van der Waals surface area contributed by atoms with Crippen LogP contribution in [-0.4, -0.2) is 36.4 Å². The van der Waals surface area contributed by atoms with E-state index in [0.29, 0.717) is 17.5 Å². The van der Waals surface area contributed by atoms with Gasteiger partial charge >= 0.3 is 11.8 Å². The summed E-state index contributed by atoms with van der Waals surface area (Å²) in [5.41, 5.74) is 1.48. The molecule has 0 spiro atoms. The predicted molar refractivity (Wildman–Crippen MR) is 122 cm³/mol. The Morgan fingerprint density at radius 1 is 1.19 bits per heavy atom. The average molecular weight is 454 g/mol. The molecule has 2 N–H and O–H groups in total. The summed E-state index contributed by atoms with van der Waals surface area (Å²) in [5, 5.41) is 15.7. The van der Waals surface area contributed by atoms with Crippen LogP contribution in [0.1, 0.15) is 18.4 Å². The van der Waals surface area contributed by atoms with Crippen LogP contribution in [0, 0.1) is 17.2 Å². The van der Waals surface area contributed by atoms with Gasteiger partial charge < -0.3 is 15.5 Å². The van der Waals surface area contributed by atoms with Gasteiger partial charge in [0.05, 0.1) is 21.5 Å². The van der Waals surface area contributed by atoms with E-state index in [2.05, 4.69) is 21.6 Å². The number of carbonyl (C=O) groups excluding carboxylic acids is 2. The average Bonchev–Trinajstić information content (AvgIpc) is 3.22. The fraction of sp³-hybridized carbons (Fsp3) is 0.273. The zero-order chi connectivity index (χ0) is 21.8. The predicted octanol–water partition coefficient (Wildman–Crippen LogP) is 3.79. The van der Waals surface area contributed by atoms with Gasteiger partial charge in [0, 0.05) is 24.7 Å². The topological polar surface area (TPSA) is 98.1 Å². The smallest absolute Gasteiger partial charge is 0.313 e. The molecule has 2 amide bonds. The van der Waals surface area contributed by atoms with E-state index in [1.54, 1.807) is 17.4 Å². The van der Waals surface area contributed by atoms with E-state index in [9.17, 15) is 9.59 Å². The monoisotopic (exact) mass is 453 g/mol.